The van der Waals surface area contributed by atoms with Gasteiger partial charge in [0.05, 0.1) is 18.8 Å². The first kappa shape index (κ1) is 13.5. The van der Waals surface area contributed by atoms with E-state index in [0.29, 0.717) is 6.42 Å². The van der Waals surface area contributed by atoms with Crippen molar-refractivity contribution in [2.24, 2.45) is 0 Å². The quantitative estimate of drug-likeness (QED) is 0.850. The molecule has 2 heterocycles. The lowest BCUT2D eigenvalue weighted by molar-refractivity contribution is -0.0877. The van der Waals surface area contributed by atoms with Crippen LogP contribution in [-0.2, 0) is 11.2 Å². The van der Waals surface area contributed by atoms with Crippen molar-refractivity contribution < 1.29 is 9.84 Å². The molecule has 2 rings (SSSR count). The third-order valence-electron chi connectivity index (χ3n) is 3.31. The van der Waals surface area contributed by atoms with E-state index in [0.717, 1.165) is 38.2 Å². The molecule has 1 aromatic heterocycles. The fourth-order valence-electron chi connectivity index (χ4n) is 2.38. The maximum Gasteiger partial charge on any atom is 0.0964 e. The van der Waals surface area contributed by atoms with Crippen LogP contribution in [-0.4, -0.2) is 53.4 Å². The molecule has 18 heavy (non-hydrogen) atoms. The van der Waals surface area contributed by atoms with Crippen molar-refractivity contribution in [2.45, 2.75) is 32.0 Å². The Morgan fingerprint density at radius 2 is 2.50 bits per heavy atom. The molecular weight excluding hydrogens is 228 g/mol. The zero-order valence-corrected chi connectivity index (χ0v) is 11.0. The van der Waals surface area contributed by atoms with E-state index < -0.39 is 6.10 Å². The van der Waals surface area contributed by atoms with Crippen molar-refractivity contribution in [3.05, 3.63) is 30.1 Å². The minimum atomic E-state index is -0.450. The third kappa shape index (κ3) is 3.77. The largest absolute Gasteiger partial charge is 0.390 e. The van der Waals surface area contributed by atoms with Gasteiger partial charge in [0, 0.05) is 31.9 Å². The lowest BCUT2D eigenvalue weighted by atomic mass is 10.0. The zero-order valence-electron chi connectivity index (χ0n) is 11.0. The molecule has 0 amide bonds. The van der Waals surface area contributed by atoms with Crippen molar-refractivity contribution in [1.82, 2.24) is 9.88 Å². The molecule has 0 bridgehead atoms. The third-order valence-corrected chi connectivity index (χ3v) is 3.31. The molecule has 1 saturated heterocycles. The average molecular weight is 250 g/mol. The smallest absolute Gasteiger partial charge is 0.0964 e. The molecule has 0 spiro atoms. The number of aliphatic hydroxyl groups is 1. The van der Waals surface area contributed by atoms with E-state index in [1.54, 1.807) is 12.4 Å². The van der Waals surface area contributed by atoms with E-state index >= 15 is 0 Å². The summed E-state index contributed by atoms with van der Waals surface area (Å²) in [5.74, 6) is 0. The van der Waals surface area contributed by atoms with Crippen LogP contribution >= 0.6 is 0 Å². The summed E-state index contributed by atoms with van der Waals surface area (Å²) < 4.78 is 5.68. The molecule has 0 aromatic carbocycles. The number of aromatic nitrogens is 1. The molecular formula is C14H22N2O2. The standard InChI is InChI=1S/C14H22N2O2/c1-2-6-16-7-8-18-14(11-16)13(17)9-12-4-3-5-15-10-12/h3-5,10,13-14,17H,2,6-9,11H2,1H3. The molecule has 4 heteroatoms. The lowest BCUT2D eigenvalue weighted by Gasteiger charge is -2.35. The van der Waals surface area contributed by atoms with Gasteiger partial charge in [-0.05, 0) is 24.6 Å². The van der Waals surface area contributed by atoms with Crippen LogP contribution in [0.15, 0.2) is 24.5 Å². The molecule has 1 aliphatic rings. The van der Waals surface area contributed by atoms with Crippen LogP contribution in [0.1, 0.15) is 18.9 Å². The number of rotatable bonds is 5. The van der Waals surface area contributed by atoms with Crippen molar-refractivity contribution in [3.63, 3.8) is 0 Å². The van der Waals surface area contributed by atoms with Gasteiger partial charge < -0.3 is 9.84 Å². The second-order valence-corrected chi connectivity index (χ2v) is 4.84. The first-order valence-corrected chi connectivity index (χ1v) is 6.70. The summed E-state index contributed by atoms with van der Waals surface area (Å²) in [6.45, 7) is 5.78. The topological polar surface area (TPSA) is 45.6 Å². The van der Waals surface area contributed by atoms with Crippen LogP contribution in [0, 0.1) is 0 Å². The van der Waals surface area contributed by atoms with Gasteiger partial charge in [-0.1, -0.05) is 13.0 Å². The van der Waals surface area contributed by atoms with Gasteiger partial charge in [-0.15, -0.1) is 0 Å². The van der Waals surface area contributed by atoms with E-state index in [2.05, 4.69) is 16.8 Å². The molecule has 2 unspecified atom stereocenters. The Labute approximate surface area is 109 Å². The minimum absolute atomic E-state index is 0.0782. The van der Waals surface area contributed by atoms with E-state index in [9.17, 15) is 5.11 Å². The number of hydrogen-bond acceptors (Lipinski definition) is 4. The number of morpholine rings is 1. The van der Waals surface area contributed by atoms with Crippen LogP contribution in [0.4, 0.5) is 0 Å². The maximum absolute atomic E-state index is 10.2. The van der Waals surface area contributed by atoms with E-state index in [1.807, 2.05) is 12.1 Å². The van der Waals surface area contributed by atoms with Crippen molar-refractivity contribution >= 4 is 0 Å². The molecule has 1 fully saturated rings. The molecule has 1 aliphatic heterocycles. The highest BCUT2D eigenvalue weighted by atomic mass is 16.5. The van der Waals surface area contributed by atoms with Gasteiger partial charge in [-0.3, -0.25) is 9.88 Å². The van der Waals surface area contributed by atoms with Crippen LogP contribution in [0.2, 0.25) is 0 Å². The van der Waals surface area contributed by atoms with E-state index in [1.165, 1.54) is 0 Å². The molecule has 4 nitrogen and oxygen atoms in total. The van der Waals surface area contributed by atoms with Gasteiger partial charge in [-0.2, -0.15) is 0 Å². The summed E-state index contributed by atoms with van der Waals surface area (Å²) in [5.41, 5.74) is 1.06. The molecule has 1 aromatic rings. The average Bonchev–Trinajstić information content (AvgIpc) is 2.40. The normalized spacial score (nSPS) is 22.9. The van der Waals surface area contributed by atoms with Crippen molar-refractivity contribution in [2.75, 3.05) is 26.2 Å². The Balaban J connectivity index is 1.86. The summed E-state index contributed by atoms with van der Waals surface area (Å²) in [6.07, 6.45) is 4.77. The molecule has 1 N–H and O–H groups in total. The zero-order chi connectivity index (χ0) is 12.8. The van der Waals surface area contributed by atoms with Crippen LogP contribution in [0.5, 0.6) is 0 Å². The molecule has 100 valence electrons. The number of nitrogens with zero attached hydrogens (tertiary/aromatic N) is 2. The second kappa shape index (κ2) is 6.83. The first-order chi connectivity index (χ1) is 8.79. The molecule has 0 saturated carbocycles. The van der Waals surface area contributed by atoms with Crippen molar-refractivity contribution in [1.29, 1.82) is 0 Å². The minimum Gasteiger partial charge on any atom is -0.390 e. The second-order valence-electron chi connectivity index (χ2n) is 4.84. The summed E-state index contributed by atoms with van der Waals surface area (Å²) in [7, 11) is 0. The summed E-state index contributed by atoms with van der Waals surface area (Å²) in [5, 5.41) is 10.2. The highest BCUT2D eigenvalue weighted by Gasteiger charge is 2.26. The van der Waals surface area contributed by atoms with Crippen LogP contribution in [0.3, 0.4) is 0 Å². The Kier molecular flexibility index (Phi) is 5.11. The fraction of sp³-hybridized carbons (Fsp3) is 0.643. The van der Waals surface area contributed by atoms with Gasteiger partial charge in [0.1, 0.15) is 0 Å². The van der Waals surface area contributed by atoms with Gasteiger partial charge in [0.15, 0.2) is 0 Å². The van der Waals surface area contributed by atoms with Gasteiger partial charge in [0.25, 0.3) is 0 Å². The fourth-order valence-corrected chi connectivity index (χ4v) is 2.38. The first-order valence-electron chi connectivity index (χ1n) is 6.70. The summed E-state index contributed by atoms with van der Waals surface area (Å²) >= 11 is 0. The SMILES string of the molecule is CCCN1CCOC(C(O)Cc2cccnc2)C1. The number of aliphatic hydroxyl groups excluding tert-OH is 1. The van der Waals surface area contributed by atoms with Gasteiger partial charge in [-0.25, -0.2) is 0 Å². The molecule has 0 aliphatic carbocycles. The summed E-state index contributed by atoms with van der Waals surface area (Å²) in [6, 6.07) is 3.88. The predicted molar refractivity (Wildman–Crippen MR) is 70.4 cm³/mol. The van der Waals surface area contributed by atoms with Crippen molar-refractivity contribution in [3.8, 4) is 0 Å². The van der Waals surface area contributed by atoms with Crippen LogP contribution in [0.25, 0.3) is 0 Å². The Hall–Kier alpha value is -0.970. The maximum atomic E-state index is 10.2. The molecule has 2 atom stereocenters. The number of hydrogen-bond donors (Lipinski definition) is 1. The van der Waals surface area contributed by atoms with Crippen LogP contribution < -0.4 is 0 Å². The van der Waals surface area contributed by atoms with E-state index in [4.69, 9.17) is 4.74 Å². The molecule has 0 radical (unpaired) electrons. The Morgan fingerprint density at radius 1 is 1.61 bits per heavy atom. The number of pyridine rings is 1. The number of ether oxygens (including phenoxy) is 1. The summed E-state index contributed by atoms with van der Waals surface area (Å²) in [4.78, 5) is 6.43. The monoisotopic (exact) mass is 250 g/mol. The van der Waals surface area contributed by atoms with E-state index in [-0.39, 0.29) is 6.10 Å². The Bertz CT molecular complexity index is 343. The lowest BCUT2D eigenvalue weighted by Crippen LogP contribution is -2.48. The Morgan fingerprint density at radius 3 is 3.22 bits per heavy atom. The van der Waals surface area contributed by atoms with Gasteiger partial charge >= 0.3 is 0 Å². The predicted octanol–water partition coefficient (Wildman–Crippen LogP) is 1.10. The van der Waals surface area contributed by atoms with Gasteiger partial charge in [0.2, 0.25) is 0 Å². The highest BCUT2D eigenvalue weighted by molar-refractivity contribution is 5.10. The highest BCUT2D eigenvalue weighted by Crippen LogP contribution is 2.13.